The Labute approximate surface area is 387 Å². The molecule has 0 spiro atoms. The predicted octanol–water partition coefficient (Wildman–Crippen LogP) is -1.45. The molecule has 0 aromatic rings. The van der Waals surface area contributed by atoms with Crippen molar-refractivity contribution in [3.63, 3.8) is 0 Å². The minimum Gasteiger partial charge on any atom is -0.394 e. The number of hydrogen-bond acceptors (Lipinski definition) is 19. The van der Waals surface area contributed by atoms with Gasteiger partial charge in [0, 0.05) is 5.41 Å². The smallest absolute Gasteiger partial charge is 0.187 e. The van der Waals surface area contributed by atoms with E-state index in [4.69, 9.17) is 28.4 Å². The summed E-state index contributed by atoms with van der Waals surface area (Å²) in [4.78, 5) is 0. The minimum atomic E-state index is -1.80. The molecule has 3 saturated carbocycles. The number of fused-ring (bicyclic) bond motifs is 5. The summed E-state index contributed by atoms with van der Waals surface area (Å²) in [5, 5.41) is 139. The Morgan fingerprint density at radius 2 is 1.35 bits per heavy atom. The van der Waals surface area contributed by atoms with Crippen LogP contribution in [0.5, 0.6) is 0 Å². The third kappa shape index (κ3) is 8.89. The molecule has 2 unspecified atom stereocenters. The Balaban J connectivity index is 1.00. The second kappa shape index (κ2) is 19.2. The Morgan fingerprint density at radius 1 is 0.712 bits per heavy atom. The second-order valence-electron chi connectivity index (χ2n) is 22.8. The fourth-order valence-electron chi connectivity index (χ4n) is 13.9. The van der Waals surface area contributed by atoms with E-state index < -0.39 is 141 Å². The molecule has 4 aliphatic carbocycles. The van der Waals surface area contributed by atoms with E-state index in [9.17, 15) is 66.4 Å². The van der Waals surface area contributed by atoms with Gasteiger partial charge in [-0.1, -0.05) is 53.2 Å². The summed E-state index contributed by atoms with van der Waals surface area (Å²) in [6, 6.07) is 0. The largest absolute Gasteiger partial charge is 0.394 e. The van der Waals surface area contributed by atoms with Crippen molar-refractivity contribution < 1.29 is 94.8 Å². The molecule has 19 heteroatoms. The molecule has 382 valence electrons. The topological polar surface area (TPSA) is 318 Å². The van der Waals surface area contributed by atoms with Crippen LogP contribution in [0.15, 0.2) is 11.6 Å². The van der Waals surface area contributed by atoms with Gasteiger partial charge in [0.1, 0.15) is 79.4 Å². The van der Waals surface area contributed by atoms with Gasteiger partial charge in [-0.15, -0.1) is 0 Å². The van der Waals surface area contributed by atoms with Crippen molar-refractivity contribution in [2.24, 2.45) is 45.3 Å². The van der Waals surface area contributed by atoms with Crippen molar-refractivity contribution in [2.45, 2.75) is 216 Å². The van der Waals surface area contributed by atoms with E-state index in [1.54, 1.807) is 0 Å². The lowest BCUT2D eigenvalue weighted by Crippen LogP contribution is -2.64. The lowest BCUT2D eigenvalue weighted by atomic mass is 9.39. The molecular formula is C47H80O19. The number of allylic oxidation sites excluding steroid dienone is 1. The van der Waals surface area contributed by atoms with Crippen LogP contribution in [0, 0.1) is 45.3 Å². The van der Waals surface area contributed by atoms with E-state index in [1.165, 1.54) is 19.4 Å². The number of rotatable bonds is 13. The average Bonchev–Trinajstić information content (AvgIpc) is 3.54. The van der Waals surface area contributed by atoms with Crippen LogP contribution in [0.4, 0.5) is 0 Å². The summed E-state index contributed by atoms with van der Waals surface area (Å²) in [6.07, 6.45) is -18.3. The van der Waals surface area contributed by atoms with Gasteiger partial charge >= 0.3 is 0 Å². The fourth-order valence-corrected chi connectivity index (χ4v) is 13.9. The van der Waals surface area contributed by atoms with E-state index >= 15 is 0 Å². The SMILES string of the molecule is C[C@H]([C@H](O)[C@@H](O)[C@@H](O)C(C)(C)O)[C@H]1CC[C@@]2(C)C3CC=C4C(CC[C@H](O[C@@H]5O[C@H](CO[C@@H]6O[C@H](CO)[C@@H](O[C@@H]7OC[C@H](O)[C@@H](O)[C@H]7O)[C@H](O)[C@H]6O)[C@@H](O)[C@H](O)[C@H]5O)C4(C)C)[C@]3(C)CC[C@]12C. The highest BCUT2D eigenvalue weighted by Gasteiger charge is 2.68. The highest BCUT2D eigenvalue weighted by atomic mass is 16.7. The summed E-state index contributed by atoms with van der Waals surface area (Å²) < 4.78 is 35.0. The van der Waals surface area contributed by atoms with Gasteiger partial charge in [-0.05, 0) is 98.7 Å². The standard InChI is InChI=1S/C47H80O19/c1-20(29(50)34(55)39(59)44(4,5)60)21-13-14-47(8)27-11-9-22-23(45(27,6)15-16-46(21,47)7)10-12-28(43(22,2)3)65-42-36(57)32(53)31(52)26(64-42)19-62-40-37(58)33(54)38(25(17-48)63-40)66-41-35(56)30(51)24(49)18-61-41/h9,20-21,23-42,48-60H,10-19H2,1-8H3/t20-,21+,23?,24-,25+,26+,27?,28-,29-,30+,31+,32-,33+,34+,35+,36+,37+,38+,39+,40+,41-,42-,45-,46+,47-/m0/s1. The third-order valence-corrected chi connectivity index (χ3v) is 18.4. The molecule has 3 aliphatic heterocycles. The van der Waals surface area contributed by atoms with Gasteiger partial charge in [0.05, 0.1) is 37.6 Å². The molecule has 25 atom stereocenters. The second-order valence-corrected chi connectivity index (χ2v) is 22.8. The maximum atomic E-state index is 11.4. The van der Waals surface area contributed by atoms with Crippen LogP contribution in [0.2, 0.25) is 0 Å². The molecule has 0 aromatic heterocycles. The van der Waals surface area contributed by atoms with Gasteiger partial charge in [0.15, 0.2) is 18.9 Å². The first-order chi connectivity index (χ1) is 30.6. The zero-order valence-electron chi connectivity index (χ0n) is 39.6. The maximum absolute atomic E-state index is 11.4. The van der Waals surface area contributed by atoms with Crippen LogP contribution in [-0.4, -0.2) is 202 Å². The molecule has 0 amide bonds. The molecule has 6 fully saturated rings. The molecule has 0 bridgehead atoms. The van der Waals surface area contributed by atoms with Gasteiger partial charge in [-0.2, -0.15) is 0 Å². The van der Waals surface area contributed by atoms with Gasteiger partial charge < -0.3 is 94.8 Å². The molecule has 7 aliphatic rings. The van der Waals surface area contributed by atoms with Gasteiger partial charge in [0.25, 0.3) is 0 Å². The Kier molecular flexibility index (Phi) is 15.4. The Morgan fingerprint density at radius 3 is 2.00 bits per heavy atom. The first kappa shape index (κ1) is 52.8. The summed E-state index contributed by atoms with van der Waals surface area (Å²) >= 11 is 0. The van der Waals surface area contributed by atoms with E-state index in [0.717, 1.165) is 38.5 Å². The van der Waals surface area contributed by atoms with E-state index in [0.29, 0.717) is 12.3 Å². The van der Waals surface area contributed by atoms with Crippen LogP contribution in [0.3, 0.4) is 0 Å². The zero-order valence-corrected chi connectivity index (χ0v) is 39.6. The first-order valence-corrected chi connectivity index (χ1v) is 24.0. The summed E-state index contributed by atoms with van der Waals surface area (Å²) in [5.74, 6) is 0.324. The fraction of sp³-hybridized carbons (Fsp3) is 0.957. The predicted molar refractivity (Wildman–Crippen MR) is 230 cm³/mol. The van der Waals surface area contributed by atoms with Crippen LogP contribution in [0.25, 0.3) is 0 Å². The minimum absolute atomic E-state index is 0.0605. The first-order valence-electron chi connectivity index (χ1n) is 24.0. The molecule has 0 aromatic carbocycles. The highest BCUT2D eigenvalue weighted by molar-refractivity contribution is 5.30. The Hall–Kier alpha value is -1.02. The molecule has 19 nitrogen and oxygen atoms in total. The van der Waals surface area contributed by atoms with E-state index in [-0.39, 0.29) is 34.0 Å². The van der Waals surface area contributed by atoms with Crippen LogP contribution in [-0.2, 0) is 28.4 Å². The van der Waals surface area contributed by atoms with Gasteiger partial charge in [0.2, 0.25) is 0 Å². The van der Waals surface area contributed by atoms with Crippen molar-refractivity contribution in [2.75, 3.05) is 19.8 Å². The van der Waals surface area contributed by atoms with E-state index in [1.807, 2.05) is 6.92 Å². The number of ether oxygens (including phenoxy) is 6. The van der Waals surface area contributed by atoms with Crippen molar-refractivity contribution >= 4 is 0 Å². The molecule has 7 rings (SSSR count). The van der Waals surface area contributed by atoms with Crippen molar-refractivity contribution in [3.8, 4) is 0 Å². The van der Waals surface area contributed by atoms with Gasteiger partial charge in [-0.3, -0.25) is 0 Å². The molecule has 0 radical (unpaired) electrons. The van der Waals surface area contributed by atoms with Crippen molar-refractivity contribution in [3.05, 3.63) is 11.6 Å². The monoisotopic (exact) mass is 949 g/mol. The average molecular weight is 949 g/mol. The molecule has 3 saturated heterocycles. The molecular weight excluding hydrogens is 868 g/mol. The van der Waals surface area contributed by atoms with Crippen LogP contribution in [0.1, 0.15) is 100 Å². The Bertz CT molecular complexity index is 1690. The third-order valence-electron chi connectivity index (χ3n) is 18.4. The number of aliphatic hydroxyl groups is 13. The van der Waals surface area contributed by atoms with E-state index in [2.05, 4.69) is 40.7 Å². The quantitative estimate of drug-likeness (QED) is 0.0940. The maximum Gasteiger partial charge on any atom is 0.187 e. The van der Waals surface area contributed by atoms with Crippen LogP contribution >= 0.6 is 0 Å². The van der Waals surface area contributed by atoms with Crippen LogP contribution < -0.4 is 0 Å². The van der Waals surface area contributed by atoms with Crippen molar-refractivity contribution in [1.29, 1.82) is 0 Å². The normalized spacial score (nSPS) is 50.3. The summed E-state index contributed by atoms with van der Waals surface area (Å²) in [6.45, 7) is 14.5. The highest BCUT2D eigenvalue weighted by Crippen LogP contribution is 2.75. The summed E-state index contributed by atoms with van der Waals surface area (Å²) in [5.41, 5.74) is -1.14. The molecule has 13 N–H and O–H groups in total. The zero-order chi connectivity index (χ0) is 48.8. The van der Waals surface area contributed by atoms with Gasteiger partial charge in [-0.25, -0.2) is 0 Å². The molecule has 66 heavy (non-hydrogen) atoms. The summed E-state index contributed by atoms with van der Waals surface area (Å²) in [7, 11) is 0. The lowest BCUT2D eigenvalue weighted by Gasteiger charge is -2.66. The lowest BCUT2D eigenvalue weighted by molar-refractivity contribution is -0.358. The molecule has 3 heterocycles. The van der Waals surface area contributed by atoms with Crippen molar-refractivity contribution in [1.82, 2.24) is 0 Å². The number of hydrogen-bond donors (Lipinski definition) is 13. The number of aliphatic hydroxyl groups excluding tert-OH is 12.